The van der Waals surface area contributed by atoms with Gasteiger partial charge in [-0.1, -0.05) is 31.2 Å². The van der Waals surface area contributed by atoms with Crippen LogP contribution in [0.2, 0.25) is 0 Å². The molecule has 1 aromatic carbocycles. The van der Waals surface area contributed by atoms with E-state index in [9.17, 15) is 0 Å². The minimum atomic E-state index is 0.613. The second kappa shape index (κ2) is 7.46. The van der Waals surface area contributed by atoms with Crippen LogP contribution in [0.1, 0.15) is 25.5 Å². The van der Waals surface area contributed by atoms with Crippen molar-refractivity contribution in [3.8, 4) is 0 Å². The number of rotatable bonds is 7. The predicted octanol–water partition coefficient (Wildman–Crippen LogP) is 3.98. The summed E-state index contributed by atoms with van der Waals surface area (Å²) in [6.45, 7) is 4.05. The van der Waals surface area contributed by atoms with E-state index in [1.165, 1.54) is 18.2 Å². The predicted molar refractivity (Wildman–Crippen MR) is 82.6 cm³/mol. The lowest BCUT2D eigenvalue weighted by Crippen LogP contribution is -2.16. The Morgan fingerprint density at radius 3 is 2.89 bits per heavy atom. The number of halogens is 1. The Bertz CT molecular complexity index is 513. The number of fused-ring (bicyclic) bond motifs is 1. The van der Waals surface area contributed by atoms with Gasteiger partial charge in [0.2, 0.25) is 0 Å². The Balaban J connectivity index is 1.78. The third-order valence-corrected chi connectivity index (χ3v) is 3.80. The van der Waals surface area contributed by atoms with Crippen molar-refractivity contribution in [2.75, 3.05) is 12.4 Å². The summed E-state index contributed by atoms with van der Waals surface area (Å²) in [6, 6.07) is 12.4. The van der Waals surface area contributed by atoms with Gasteiger partial charge in [-0.05, 0) is 37.4 Å². The van der Waals surface area contributed by atoms with Gasteiger partial charge in [0.25, 0.3) is 0 Å². The van der Waals surface area contributed by atoms with Crippen LogP contribution in [0.15, 0.2) is 36.4 Å². The van der Waals surface area contributed by atoms with E-state index >= 15 is 0 Å². The average molecular weight is 277 g/mol. The quantitative estimate of drug-likeness (QED) is 0.611. The number of pyridine rings is 1. The fourth-order valence-corrected chi connectivity index (χ4v) is 2.23. The first-order chi connectivity index (χ1) is 9.29. The van der Waals surface area contributed by atoms with E-state index in [-0.39, 0.29) is 0 Å². The molecule has 0 spiro atoms. The van der Waals surface area contributed by atoms with Crippen LogP contribution in [0.3, 0.4) is 0 Å². The van der Waals surface area contributed by atoms with Crippen LogP contribution in [0.4, 0.5) is 0 Å². The number of hydrogen-bond donors (Lipinski definition) is 1. The van der Waals surface area contributed by atoms with Gasteiger partial charge in [-0.15, -0.1) is 11.6 Å². The molecule has 0 bridgehead atoms. The molecule has 1 heterocycles. The van der Waals surface area contributed by atoms with E-state index in [0.29, 0.717) is 5.92 Å². The molecule has 1 unspecified atom stereocenters. The zero-order chi connectivity index (χ0) is 13.5. The highest BCUT2D eigenvalue weighted by Crippen LogP contribution is 2.11. The second-order valence-corrected chi connectivity index (χ2v) is 5.38. The molecule has 2 aromatic rings. The van der Waals surface area contributed by atoms with Crippen molar-refractivity contribution in [3.05, 3.63) is 42.1 Å². The first-order valence-electron chi connectivity index (χ1n) is 6.91. The van der Waals surface area contributed by atoms with Gasteiger partial charge in [-0.2, -0.15) is 0 Å². The number of para-hydroxylation sites is 1. The van der Waals surface area contributed by atoms with E-state index in [1.807, 2.05) is 12.1 Å². The number of benzene rings is 1. The van der Waals surface area contributed by atoms with Crippen molar-refractivity contribution in [3.63, 3.8) is 0 Å². The molecule has 0 aliphatic carbocycles. The van der Waals surface area contributed by atoms with Gasteiger partial charge in [0.05, 0.1) is 11.2 Å². The molecule has 2 rings (SSSR count). The van der Waals surface area contributed by atoms with Crippen molar-refractivity contribution >= 4 is 22.5 Å². The van der Waals surface area contributed by atoms with Gasteiger partial charge in [0.15, 0.2) is 0 Å². The lowest BCUT2D eigenvalue weighted by atomic mass is 10.1. The molecular weight excluding hydrogens is 256 g/mol. The minimum absolute atomic E-state index is 0.613. The molecule has 0 saturated carbocycles. The van der Waals surface area contributed by atoms with Crippen LogP contribution in [-0.2, 0) is 6.54 Å². The molecule has 1 atom stereocenters. The lowest BCUT2D eigenvalue weighted by molar-refractivity contribution is 0.530. The van der Waals surface area contributed by atoms with Gasteiger partial charge in [-0.3, -0.25) is 4.98 Å². The summed E-state index contributed by atoms with van der Waals surface area (Å²) in [7, 11) is 0. The number of aromatic nitrogens is 1. The van der Waals surface area contributed by atoms with E-state index in [2.05, 4.69) is 41.5 Å². The second-order valence-electron chi connectivity index (χ2n) is 5.07. The number of hydrogen-bond acceptors (Lipinski definition) is 2. The fraction of sp³-hybridized carbons (Fsp3) is 0.438. The van der Waals surface area contributed by atoms with Gasteiger partial charge >= 0.3 is 0 Å². The van der Waals surface area contributed by atoms with Crippen molar-refractivity contribution in [1.82, 2.24) is 10.3 Å². The smallest absolute Gasteiger partial charge is 0.0705 e. The Labute approximate surface area is 120 Å². The summed E-state index contributed by atoms with van der Waals surface area (Å²) in [5.74, 6) is 1.37. The summed E-state index contributed by atoms with van der Waals surface area (Å²) in [5, 5.41) is 4.64. The molecule has 3 heteroatoms. The first-order valence-corrected chi connectivity index (χ1v) is 7.44. The van der Waals surface area contributed by atoms with Crippen LogP contribution in [0, 0.1) is 5.92 Å². The van der Waals surface area contributed by atoms with Crippen molar-refractivity contribution in [1.29, 1.82) is 0 Å². The van der Waals surface area contributed by atoms with Gasteiger partial charge in [0.1, 0.15) is 0 Å². The lowest BCUT2D eigenvalue weighted by Gasteiger charge is -2.08. The Morgan fingerprint density at radius 1 is 1.21 bits per heavy atom. The van der Waals surface area contributed by atoms with E-state index < -0.39 is 0 Å². The zero-order valence-corrected chi connectivity index (χ0v) is 12.2. The third kappa shape index (κ3) is 4.48. The van der Waals surface area contributed by atoms with Crippen molar-refractivity contribution in [2.24, 2.45) is 5.92 Å². The van der Waals surface area contributed by atoms with Gasteiger partial charge in [0, 0.05) is 17.8 Å². The molecule has 102 valence electrons. The van der Waals surface area contributed by atoms with Crippen LogP contribution < -0.4 is 5.32 Å². The summed E-state index contributed by atoms with van der Waals surface area (Å²) in [5.41, 5.74) is 2.17. The Morgan fingerprint density at radius 2 is 2.05 bits per heavy atom. The average Bonchev–Trinajstić information content (AvgIpc) is 2.46. The maximum Gasteiger partial charge on any atom is 0.0705 e. The first kappa shape index (κ1) is 14.3. The Hall–Kier alpha value is -1.12. The monoisotopic (exact) mass is 276 g/mol. The molecule has 0 amide bonds. The SMILES string of the molecule is CC(CCl)CCCNCc1ccc2ccccc2n1. The van der Waals surface area contributed by atoms with Crippen LogP contribution in [-0.4, -0.2) is 17.4 Å². The molecule has 2 nitrogen and oxygen atoms in total. The van der Waals surface area contributed by atoms with Crippen LogP contribution in [0.5, 0.6) is 0 Å². The summed E-state index contributed by atoms with van der Waals surface area (Å²) < 4.78 is 0. The summed E-state index contributed by atoms with van der Waals surface area (Å²) in [4.78, 5) is 4.64. The topological polar surface area (TPSA) is 24.9 Å². The molecule has 0 radical (unpaired) electrons. The molecule has 0 fully saturated rings. The van der Waals surface area contributed by atoms with Crippen LogP contribution in [0.25, 0.3) is 10.9 Å². The van der Waals surface area contributed by atoms with E-state index in [1.54, 1.807) is 0 Å². The zero-order valence-electron chi connectivity index (χ0n) is 11.4. The van der Waals surface area contributed by atoms with Crippen molar-refractivity contribution < 1.29 is 0 Å². The highest BCUT2D eigenvalue weighted by Gasteiger charge is 2.00. The van der Waals surface area contributed by atoms with Gasteiger partial charge < -0.3 is 5.32 Å². The minimum Gasteiger partial charge on any atom is -0.311 e. The molecule has 0 aliphatic rings. The largest absolute Gasteiger partial charge is 0.311 e. The van der Waals surface area contributed by atoms with Gasteiger partial charge in [-0.25, -0.2) is 0 Å². The van der Waals surface area contributed by atoms with Crippen LogP contribution >= 0.6 is 11.6 Å². The summed E-state index contributed by atoms with van der Waals surface area (Å²) in [6.07, 6.45) is 2.35. The van der Waals surface area contributed by atoms with Crippen molar-refractivity contribution in [2.45, 2.75) is 26.3 Å². The normalized spacial score (nSPS) is 12.7. The number of nitrogens with zero attached hydrogens (tertiary/aromatic N) is 1. The molecule has 0 saturated heterocycles. The van der Waals surface area contributed by atoms with E-state index in [0.717, 1.165) is 30.2 Å². The number of alkyl halides is 1. The molecule has 19 heavy (non-hydrogen) atoms. The molecular formula is C16H21ClN2. The standard InChI is InChI=1S/C16H21ClN2/c1-13(11-17)5-4-10-18-12-15-9-8-14-6-2-3-7-16(14)19-15/h2-3,6-9,13,18H,4-5,10-12H2,1H3. The van der Waals surface area contributed by atoms with E-state index in [4.69, 9.17) is 11.6 Å². The highest BCUT2D eigenvalue weighted by atomic mass is 35.5. The Kier molecular flexibility index (Phi) is 5.62. The maximum atomic E-state index is 5.79. The third-order valence-electron chi connectivity index (χ3n) is 3.28. The highest BCUT2D eigenvalue weighted by molar-refractivity contribution is 6.18. The summed E-state index contributed by atoms with van der Waals surface area (Å²) >= 11 is 5.79. The molecule has 0 aliphatic heterocycles. The molecule has 1 aromatic heterocycles. The fourth-order valence-electron chi connectivity index (χ4n) is 2.08. The number of nitrogens with one attached hydrogen (secondary N) is 1. The molecule has 1 N–H and O–H groups in total. The maximum absolute atomic E-state index is 5.79.